The average Bonchev–Trinajstić information content (AvgIpc) is 1.84. The summed E-state index contributed by atoms with van der Waals surface area (Å²) >= 11 is 0.476. The SMILES string of the molecule is C[Se]P(OC(C)C)OC(C)C. The normalized spacial score (nSPS) is 12.0. The molecule has 11 heavy (non-hydrogen) atoms. The molecule has 0 aromatic heterocycles. The number of hydrogen-bond donors (Lipinski definition) is 0. The van der Waals surface area contributed by atoms with Crippen molar-refractivity contribution in [2.24, 2.45) is 0 Å². The molecule has 0 radical (unpaired) electrons. The zero-order valence-electron chi connectivity index (χ0n) is 7.83. The molecule has 0 bridgehead atoms. The van der Waals surface area contributed by atoms with Crippen molar-refractivity contribution in [3.8, 4) is 0 Å². The Labute approximate surface area is 76.7 Å². The predicted octanol–water partition coefficient (Wildman–Crippen LogP) is 2.82. The van der Waals surface area contributed by atoms with Crippen LogP contribution in [0.25, 0.3) is 0 Å². The van der Waals surface area contributed by atoms with Gasteiger partial charge in [-0.1, -0.05) is 0 Å². The number of hydrogen-bond acceptors (Lipinski definition) is 2. The van der Waals surface area contributed by atoms with E-state index < -0.39 is 7.07 Å². The van der Waals surface area contributed by atoms with Crippen LogP contribution in [-0.2, 0) is 9.05 Å². The first-order valence-corrected chi connectivity index (χ1v) is 8.84. The Hall–Kier alpha value is 0.869. The van der Waals surface area contributed by atoms with Crippen molar-refractivity contribution in [1.82, 2.24) is 0 Å². The van der Waals surface area contributed by atoms with Crippen LogP contribution < -0.4 is 0 Å². The monoisotopic (exact) mass is 244 g/mol. The summed E-state index contributed by atoms with van der Waals surface area (Å²) in [6, 6.07) is 0. The minimum atomic E-state index is -0.575. The van der Waals surface area contributed by atoms with Crippen LogP contribution in [0.3, 0.4) is 0 Å². The standard InChI is InChI=1S/C7H17O2PSe/c1-6(2)8-10(11-5)9-7(3)4/h6-7H,1-5H3. The van der Waals surface area contributed by atoms with Crippen LogP contribution in [0.2, 0.25) is 5.82 Å². The molecule has 0 fully saturated rings. The third-order valence-corrected chi connectivity index (χ3v) is 5.19. The van der Waals surface area contributed by atoms with E-state index in [-0.39, 0.29) is 0 Å². The van der Waals surface area contributed by atoms with Gasteiger partial charge >= 0.3 is 76.4 Å². The van der Waals surface area contributed by atoms with Gasteiger partial charge in [0.1, 0.15) is 0 Å². The molecule has 0 aromatic rings. The van der Waals surface area contributed by atoms with E-state index in [1.54, 1.807) is 0 Å². The summed E-state index contributed by atoms with van der Waals surface area (Å²) in [4.78, 5) is 0. The van der Waals surface area contributed by atoms with Crippen molar-refractivity contribution in [3.05, 3.63) is 0 Å². The molecule has 0 aliphatic rings. The molecule has 0 rings (SSSR count). The molecule has 0 atom stereocenters. The first-order chi connectivity index (χ1) is 5.06. The zero-order valence-corrected chi connectivity index (χ0v) is 10.4. The Balaban J connectivity index is 3.58. The topological polar surface area (TPSA) is 18.5 Å². The Kier molecular flexibility index (Phi) is 6.90. The van der Waals surface area contributed by atoms with E-state index >= 15 is 0 Å². The van der Waals surface area contributed by atoms with Gasteiger partial charge in [-0.05, 0) is 0 Å². The molecule has 0 spiro atoms. The fraction of sp³-hybridized carbons (Fsp3) is 1.00. The summed E-state index contributed by atoms with van der Waals surface area (Å²) in [5.74, 6) is 2.16. The van der Waals surface area contributed by atoms with Crippen LogP contribution in [0.15, 0.2) is 0 Å². The van der Waals surface area contributed by atoms with Gasteiger partial charge in [-0.25, -0.2) is 0 Å². The summed E-state index contributed by atoms with van der Waals surface area (Å²) in [6.45, 7) is 8.19. The molecular formula is C7H17O2PSe. The third kappa shape index (κ3) is 7.24. The van der Waals surface area contributed by atoms with Gasteiger partial charge in [0.15, 0.2) is 0 Å². The summed E-state index contributed by atoms with van der Waals surface area (Å²) in [5.41, 5.74) is 0. The van der Waals surface area contributed by atoms with Gasteiger partial charge in [0.2, 0.25) is 0 Å². The fourth-order valence-corrected chi connectivity index (χ4v) is 4.62. The minimum absolute atomic E-state index is 0.293. The van der Waals surface area contributed by atoms with E-state index in [0.29, 0.717) is 26.7 Å². The number of rotatable bonds is 5. The van der Waals surface area contributed by atoms with Gasteiger partial charge < -0.3 is 0 Å². The molecular weight excluding hydrogens is 226 g/mol. The van der Waals surface area contributed by atoms with E-state index in [1.165, 1.54) is 0 Å². The van der Waals surface area contributed by atoms with E-state index in [2.05, 4.69) is 5.82 Å². The Morgan fingerprint density at radius 1 is 1.00 bits per heavy atom. The molecule has 0 aliphatic carbocycles. The zero-order chi connectivity index (χ0) is 8.85. The fourth-order valence-electron chi connectivity index (χ4n) is 0.455. The molecule has 0 saturated carbocycles. The van der Waals surface area contributed by atoms with E-state index in [9.17, 15) is 0 Å². The molecule has 68 valence electrons. The molecule has 0 amide bonds. The average molecular weight is 243 g/mol. The van der Waals surface area contributed by atoms with Crippen molar-refractivity contribution in [3.63, 3.8) is 0 Å². The van der Waals surface area contributed by atoms with Crippen LogP contribution in [0.5, 0.6) is 0 Å². The van der Waals surface area contributed by atoms with Crippen LogP contribution in [0, 0.1) is 0 Å². The Morgan fingerprint density at radius 2 is 1.36 bits per heavy atom. The van der Waals surface area contributed by atoms with Gasteiger partial charge in [0.25, 0.3) is 0 Å². The molecule has 0 N–H and O–H groups in total. The maximum absolute atomic E-state index is 5.58. The first kappa shape index (κ1) is 11.9. The van der Waals surface area contributed by atoms with Crippen molar-refractivity contribution >= 4 is 21.6 Å². The second-order valence-electron chi connectivity index (χ2n) is 2.71. The van der Waals surface area contributed by atoms with E-state index in [4.69, 9.17) is 9.05 Å². The van der Waals surface area contributed by atoms with Crippen LogP contribution >= 0.6 is 7.07 Å². The van der Waals surface area contributed by atoms with Crippen LogP contribution in [0.4, 0.5) is 0 Å². The van der Waals surface area contributed by atoms with Crippen LogP contribution in [-0.4, -0.2) is 26.7 Å². The van der Waals surface area contributed by atoms with Gasteiger partial charge in [-0.15, -0.1) is 0 Å². The van der Waals surface area contributed by atoms with Crippen molar-refractivity contribution in [1.29, 1.82) is 0 Å². The van der Waals surface area contributed by atoms with Crippen molar-refractivity contribution in [2.75, 3.05) is 0 Å². The van der Waals surface area contributed by atoms with E-state index in [0.717, 1.165) is 0 Å². The van der Waals surface area contributed by atoms with Crippen LogP contribution in [0.1, 0.15) is 27.7 Å². The first-order valence-electron chi connectivity index (χ1n) is 3.74. The molecule has 0 saturated heterocycles. The Morgan fingerprint density at radius 3 is 1.55 bits per heavy atom. The summed E-state index contributed by atoms with van der Waals surface area (Å²) in [7, 11) is -0.575. The maximum atomic E-state index is 5.58. The van der Waals surface area contributed by atoms with Gasteiger partial charge in [0, 0.05) is 0 Å². The summed E-state index contributed by atoms with van der Waals surface area (Å²) < 4.78 is 11.2. The van der Waals surface area contributed by atoms with Crippen molar-refractivity contribution in [2.45, 2.75) is 45.7 Å². The molecule has 0 unspecified atom stereocenters. The molecule has 0 aromatic carbocycles. The second kappa shape index (κ2) is 6.39. The molecule has 0 heterocycles. The molecule has 2 nitrogen and oxygen atoms in total. The van der Waals surface area contributed by atoms with Gasteiger partial charge in [-0.2, -0.15) is 0 Å². The second-order valence-corrected chi connectivity index (χ2v) is 8.12. The quantitative estimate of drug-likeness (QED) is 0.546. The van der Waals surface area contributed by atoms with Gasteiger partial charge in [0.05, 0.1) is 0 Å². The van der Waals surface area contributed by atoms with Gasteiger partial charge in [-0.3, -0.25) is 0 Å². The molecule has 4 heteroatoms. The third-order valence-electron chi connectivity index (χ3n) is 0.743. The Bertz CT molecular complexity index is 88.4. The summed E-state index contributed by atoms with van der Waals surface area (Å²) in [6.07, 6.45) is 0.586. The van der Waals surface area contributed by atoms with E-state index in [1.807, 2.05) is 27.7 Å². The predicted molar refractivity (Wildman–Crippen MR) is 51.0 cm³/mol. The molecule has 0 aliphatic heterocycles. The van der Waals surface area contributed by atoms with Crippen molar-refractivity contribution < 1.29 is 9.05 Å². The summed E-state index contributed by atoms with van der Waals surface area (Å²) in [5, 5.41) is 0.